The van der Waals surface area contributed by atoms with Gasteiger partial charge in [-0.15, -0.1) is 0 Å². The van der Waals surface area contributed by atoms with Gasteiger partial charge in [-0.1, -0.05) is 13.0 Å². The lowest BCUT2D eigenvalue weighted by atomic mass is 10.3. The Balaban J connectivity index is 2.60. The van der Waals surface area contributed by atoms with Gasteiger partial charge in [0.25, 0.3) is 0 Å². The molecule has 0 atom stereocenters. The van der Waals surface area contributed by atoms with E-state index in [1.54, 1.807) is 31.4 Å². The molecular formula is C8H9N2O. The third kappa shape index (κ3) is 2.37. The van der Waals surface area contributed by atoms with E-state index in [4.69, 9.17) is 0 Å². The minimum Gasteiger partial charge on any atom is -0.273 e. The topological polar surface area (TPSA) is 43.5 Å². The monoisotopic (exact) mass is 149 g/mol. The van der Waals surface area contributed by atoms with Crippen LogP contribution in [-0.2, 0) is 4.79 Å². The molecule has 1 aliphatic heterocycles. The van der Waals surface area contributed by atoms with Crippen LogP contribution in [0.3, 0.4) is 0 Å². The quantitative estimate of drug-likeness (QED) is 0.548. The molecule has 0 aliphatic carbocycles. The molecule has 0 bridgehead atoms. The Morgan fingerprint density at radius 2 is 2.45 bits per heavy atom. The average Bonchev–Trinajstić information content (AvgIpc) is 2.06. The molecule has 0 aromatic carbocycles. The van der Waals surface area contributed by atoms with Gasteiger partial charge in [0, 0.05) is 12.6 Å². The van der Waals surface area contributed by atoms with E-state index in [-0.39, 0.29) is 5.91 Å². The van der Waals surface area contributed by atoms with E-state index in [1.165, 1.54) is 0 Å². The molecule has 1 amide bonds. The predicted molar refractivity (Wildman–Crippen MR) is 43.1 cm³/mol. The SMILES string of the molecule is CCC(=O)/N=C1/C=CC=C[N]1. The highest BCUT2D eigenvalue weighted by molar-refractivity contribution is 6.01. The summed E-state index contributed by atoms with van der Waals surface area (Å²) in [6.45, 7) is 1.77. The second-order valence-electron chi connectivity index (χ2n) is 2.05. The molecule has 0 fully saturated rings. The summed E-state index contributed by atoms with van der Waals surface area (Å²) in [4.78, 5) is 14.5. The van der Waals surface area contributed by atoms with Gasteiger partial charge in [0.15, 0.2) is 5.84 Å². The van der Waals surface area contributed by atoms with Gasteiger partial charge in [0.05, 0.1) is 0 Å². The molecule has 3 nitrogen and oxygen atoms in total. The van der Waals surface area contributed by atoms with Crippen LogP contribution in [0, 0.1) is 0 Å². The molecule has 1 radical (unpaired) electrons. The molecule has 0 aromatic rings. The number of allylic oxidation sites excluding steroid dienone is 2. The van der Waals surface area contributed by atoms with Gasteiger partial charge in [0.2, 0.25) is 5.91 Å². The fourth-order valence-electron chi connectivity index (χ4n) is 0.627. The number of rotatable bonds is 1. The molecule has 0 aromatic heterocycles. The molecule has 11 heavy (non-hydrogen) atoms. The maximum Gasteiger partial charge on any atom is 0.247 e. The minimum atomic E-state index is -0.135. The zero-order valence-corrected chi connectivity index (χ0v) is 6.32. The third-order valence-electron chi connectivity index (χ3n) is 1.19. The van der Waals surface area contributed by atoms with Gasteiger partial charge in [-0.2, -0.15) is 4.99 Å². The molecule has 0 saturated carbocycles. The van der Waals surface area contributed by atoms with Crippen LogP contribution in [0.5, 0.6) is 0 Å². The number of hydrogen-bond acceptors (Lipinski definition) is 1. The predicted octanol–water partition coefficient (Wildman–Crippen LogP) is 1.01. The van der Waals surface area contributed by atoms with Gasteiger partial charge >= 0.3 is 0 Å². The lowest BCUT2D eigenvalue weighted by molar-refractivity contribution is -0.117. The van der Waals surface area contributed by atoms with Crippen molar-refractivity contribution in [2.24, 2.45) is 4.99 Å². The number of amidine groups is 1. The van der Waals surface area contributed by atoms with Crippen molar-refractivity contribution in [1.29, 1.82) is 0 Å². The first-order chi connectivity index (χ1) is 5.33. The highest BCUT2D eigenvalue weighted by Gasteiger charge is 1.99. The normalized spacial score (nSPS) is 18.5. The molecule has 0 unspecified atom stereocenters. The molecule has 3 heteroatoms. The molecule has 1 heterocycles. The van der Waals surface area contributed by atoms with Crippen LogP contribution in [-0.4, -0.2) is 11.7 Å². The van der Waals surface area contributed by atoms with E-state index in [2.05, 4.69) is 10.3 Å². The lowest BCUT2D eigenvalue weighted by Crippen LogP contribution is -2.11. The Labute approximate surface area is 65.5 Å². The number of nitrogens with zero attached hydrogens (tertiary/aromatic N) is 2. The van der Waals surface area contributed by atoms with Crippen LogP contribution in [0.15, 0.2) is 29.4 Å². The summed E-state index contributed by atoms with van der Waals surface area (Å²) < 4.78 is 0. The first-order valence-corrected chi connectivity index (χ1v) is 3.48. The van der Waals surface area contributed by atoms with Gasteiger partial charge in [-0.05, 0) is 12.2 Å². The van der Waals surface area contributed by atoms with E-state index in [9.17, 15) is 4.79 Å². The van der Waals surface area contributed by atoms with Crippen LogP contribution in [0.25, 0.3) is 0 Å². The van der Waals surface area contributed by atoms with Gasteiger partial charge in [0.1, 0.15) is 0 Å². The van der Waals surface area contributed by atoms with Crippen molar-refractivity contribution in [1.82, 2.24) is 5.32 Å². The highest BCUT2D eigenvalue weighted by Crippen LogP contribution is 1.92. The summed E-state index contributed by atoms with van der Waals surface area (Å²) in [5.74, 6) is 0.350. The number of carbonyl (C=O) groups excluding carboxylic acids is 1. The number of amides is 1. The van der Waals surface area contributed by atoms with E-state index < -0.39 is 0 Å². The number of carbonyl (C=O) groups is 1. The molecule has 0 N–H and O–H groups in total. The molecule has 57 valence electrons. The minimum absolute atomic E-state index is 0.135. The van der Waals surface area contributed by atoms with Crippen LogP contribution < -0.4 is 5.32 Å². The van der Waals surface area contributed by atoms with Crippen molar-refractivity contribution in [3.63, 3.8) is 0 Å². The highest BCUT2D eigenvalue weighted by atomic mass is 16.1. The van der Waals surface area contributed by atoms with Crippen molar-refractivity contribution in [3.05, 3.63) is 24.4 Å². The van der Waals surface area contributed by atoms with Crippen LogP contribution in [0.2, 0.25) is 0 Å². The van der Waals surface area contributed by atoms with Crippen molar-refractivity contribution >= 4 is 11.7 Å². The molecular weight excluding hydrogens is 140 g/mol. The fraction of sp³-hybridized carbons (Fsp3) is 0.250. The van der Waals surface area contributed by atoms with E-state index >= 15 is 0 Å². The van der Waals surface area contributed by atoms with Crippen molar-refractivity contribution in [2.45, 2.75) is 13.3 Å². The van der Waals surface area contributed by atoms with E-state index in [0.29, 0.717) is 12.3 Å². The van der Waals surface area contributed by atoms with E-state index in [0.717, 1.165) is 0 Å². The molecule has 0 saturated heterocycles. The number of hydrogen-bond donors (Lipinski definition) is 0. The lowest BCUT2D eigenvalue weighted by Gasteiger charge is -1.98. The summed E-state index contributed by atoms with van der Waals surface area (Å²) >= 11 is 0. The summed E-state index contributed by atoms with van der Waals surface area (Å²) in [7, 11) is 0. The Morgan fingerprint density at radius 1 is 1.64 bits per heavy atom. The van der Waals surface area contributed by atoms with E-state index in [1.807, 2.05) is 0 Å². The fourth-order valence-corrected chi connectivity index (χ4v) is 0.627. The zero-order chi connectivity index (χ0) is 8.10. The second-order valence-corrected chi connectivity index (χ2v) is 2.05. The first kappa shape index (κ1) is 7.72. The Bertz CT molecular complexity index is 238. The third-order valence-corrected chi connectivity index (χ3v) is 1.19. The summed E-state index contributed by atoms with van der Waals surface area (Å²) in [6, 6.07) is 0. The first-order valence-electron chi connectivity index (χ1n) is 3.48. The molecule has 1 aliphatic rings. The Morgan fingerprint density at radius 3 is 3.00 bits per heavy atom. The molecule has 0 spiro atoms. The standard InChI is InChI=1S/C8H9N2O/c1-2-8(11)10-7-5-3-4-6-9-7/h3-6H,2H2,1H3/b10-7-. The van der Waals surface area contributed by atoms with Crippen LogP contribution >= 0.6 is 0 Å². The smallest absolute Gasteiger partial charge is 0.247 e. The largest absolute Gasteiger partial charge is 0.273 e. The Kier molecular flexibility index (Phi) is 2.60. The van der Waals surface area contributed by atoms with Crippen LogP contribution in [0.4, 0.5) is 0 Å². The maximum absolute atomic E-state index is 10.8. The van der Waals surface area contributed by atoms with Crippen molar-refractivity contribution < 1.29 is 4.79 Å². The van der Waals surface area contributed by atoms with Gasteiger partial charge in [-0.3, -0.25) is 4.79 Å². The zero-order valence-electron chi connectivity index (χ0n) is 6.32. The summed E-state index contributed by atoms with van der Waals surface area (Å²) in [5, 5.41) is 3.88. The summed E-state index contributed by atoms with van der Waals surface area (Å²) in [5.41, 5.74) is 0. The van der Waals surface area contributed by atoms with Gasteiger partial charge in [-0.25, -0.2) is 5.32 Å². The Hall–Kier alpha value is -1.38. The molecule has 1 rings (SSSR count). The average molecular weight is 149 g/mol. The van der Waals surface area contributed by atoms with Crippen molar-refractivity contribution in [2.75, 3.05) is 0 Å². The van der Waals surface area contributed by atoms with Crippen LogP contribution in [0.1, 0.15) is 13.3 Å². The second kappa shape index (κ2) is 3.71. The van der Waals surface area contributed by atoms with Crippen molar-refractivity contribution in [3.8, 4) is 0 Å². The van der Waals surface area contributed by atoms with Gasteiger partial charge < -0.3 is 0 Å². The number of aliphatic imine (C=N–C) groups is 1. The summed E-state index contributed by atoms with van der Waals surface area (Å²) in [6.07, 6.45) is 7.33. The maximum atomic E-state index is 10.8.